The van der Waals surface area contributed by atoms with E-state index in [-0.39, 0.29) is 17.8 Å². The van der Waals surface area contributed by atoms with E-state index in [1.165, 1.54) is 11.1 Å². The van der Waals surface area contributed by atoms with Crippen LogP contribution >= 0.6 is 0 Å². The molecular weight excluding hydrogens is 252 g/mol. The molecule has 0 bridgehead atoms. The number of fused-ring (bicyclic) bond motifs is 1. The van der Waals surface area contributed by atoms with E-state index in [9.17, 15) is 4.79 Å². The summed E-state index contributed by atoms with van der Waals surface area (Å²) < 4.78 is 5.98. The Morgan fingerprint density at radius 3 is 2.70 bits per heavy atom. The van der Waals surface area contributed by atoms with Crippen molar-refractivity contribution in [1.29, 1.82) is 0 Å². The predicted molar refractivity (Wildman–Crippen MR) is 79.6 cm³/mol. The van der Waals surface area contributed by atoms with E-state index in [4.69, 9.17) is 9.84 Å². The molecule has 1 N–H and O–H groups in total. The maximum Gasteiger partial charge on any atom is 0.303 e. The molecule has 110 valence electrons. The molecule has 0 saturated carbocycles. The molecule has 1 unspecified atom stereocenters. The predicted octanol–water partition coefficient (Wildman–Crippen LogP) is 4.02. The number of hydrogen-bond acceptors (Lipinski definition) is 2. The molecule has 0 aliphatic carbocycles. The molecule has 2 rings (SSSR count). The van der Waals surface area contributed by atoms with Crippen molar-refractivity contribution in [2.75, 3.05) is 6.61 Å². The van der Waals surface area contributed by atoms with Gasteiger partial charge in [0.05, 0.1) is 13.0 Å². The van der Waals surface area contributed by atoms with Gasteiger partial charge in [0.1, 0.15) is 5.75 Å². The third kappa shape index (κ3) is 3.14. The molecule has 1 aliphatic heterocycles. The first-order valence-corrected chi connectivity index (χ1v) is 7.28. The highest BCUT2D eigenvalue weighted by molar-refractivity contribution is 5.68. The van der Waals surface area contributed by atoms with Crippen molar-refractivity contribution in [2.45, 2.75) is 58.3 Å². The normalized spacial score (nSPS) is 18.9. The van der Waals surface area contributed by atoms with Crippen molar-refractivity contribution in [3.8, 4) is 5.75 Å². The van der Waals surface area contributed by atoms with Gasteiger partial charge >= 0.3 is 5.97 Å². The maximum atomic E-state index is 11.1. The Bertz CT molecular complexity index is 512. The van der Waals surface area contributed by atoms with Crippen LogP contribution in [0.15, 0.2) is 12.1 Å². The number of benzene rings is 1. The lowest BCUT2D eigenvalue weighted by atomic mass is 9.81. The van der Waals surface area contributed by atoms with Gasteiger partial charge in [0.2, 0.25) is 0 Å². The third-order valence-electron chi connectivity index (χ3n) is 3.87. The molecule has 0 aromatic heterocycles. The van der Waals surface area contributed by atoms with Crippen LogP contribution in [-0.2, 0) is 10.2 Å². The first-order chi connectivity index (χ1) is 9.29. The van der Waals surface area contributed by atoms with Crippen LogP contribution in [0.1, 0.15) is 62.6 Å². The second kappa shape index (κ2) is 5.47. The van der Waals surface area contributed by atoms with Crippen LogP contribution in [0.5, 0.6) is 5.75 Å². The molecule has 1 aliphatic rings. The lowest BCUT2D eigenvalue weighted by Crippen LogP contribution is -2.15. The second-order valence-corrected chi connectivity index (χ2v) is 6.77. The van der Waals surface area contributed by atoms with E-state index in [2.05, 4.69) is 39.8 Å². The van der Waals surface area contributed by atoms with Gasteiger partial charge in [-0.25, -0.2) is 0 Å². The van der Waals surface area contributed by atoms with Gasteiger partial charge in [0.15, 0.2) is 0 Å². The molecule has 0 radical (unpaired) electrons. The molecule has 0 amide bonds. The molecule has 1 atom stereocenters. The number of hydrogen-bond donors (Lipinski definition) is 1. The zero-order chi connectivity index (χ0) is 14.9. The van der Waals surface area contributed by atoms with Crippen LogP contribution in [0.3, 0.4) is 0 Å². The molecule has 0 spiro atoms. The summed E-state index contributed by atoms with van der Waals surface area (Å²) >= 11 is 0. The summed E-state index contributed by atoms with van der Waals surface area (Å²) in [7, 11) is 0. The summed E-state index contributed by atoms with van der Waals surface area (Å²) in [6.07, 6.45) is 1.98. The second-order valence-electron chi connectivity index (χ2n) is 6.77. The summed E-state index contributed by atoms with van der Waals surface area (Å²) in [5.74, 6) is 0.250. The zero-order valence-corrected chi connectivity index (χ0v) is 12.8. The number of aliphatic carboxylic acids is 1. The number of carboxylic acid groups (broad SMARTS) is 1. The summed E-state index contributed by atoms with van der Waals surface area (Å²) in [4.78, 5) is 11.1. The van der Waals surface area contributed by atoms with Crippen LogP contribution in [-0.4, -0.2) is 17.7 Å². The van der Waals surface area contributed by atoms with Crippen LogP contribution in [0.25, 0.3) is 0 Å². The maximum absolute atomic E-state index is 11.1. The first kappa shape index (κ1) is 14.9. The van der Waals surface area contributed by atoms with E-state index in [0.29, 0.717) is 6.61 Å². The number of carbonyl (C=O) groups is 1. The van der Waals surface area contributed by atoms with E-state index in [0.717, 1.165) is 24.2 Å². The van der Waals surface area contributed by atoms with Gasteiger partial charge in [-0.1, -0.05) is 38.5 Å². The molecule has 20 heavy (non-hydrogen) atoms. The Morgan fingerprint density at radius 1 is 1.40 bits per heavy atom. The molecule has 3 nitrogen and oxygen atoms in total. The first-order valence-electron chi connectivity index (χ1n) is 7.28. The Balaban J connectivity index is 2.56. The van der Waals surface area contributed by atoms with Gasteiger partial charge < -0.3 is 9.84 Å². The minimum atomic E-state index is -0.735. The number of rotatable bonds is 2. The largest absolute Gasteiger partial charge is 0.493 e. The minimum absolute atomic E-state index is 0.00574. The van der Waals surface area contributed by atoms with Gasteiger partial charge in [0.25, 0.3) is 0 Å². The fourth-order valence-corrected chi connectivity index (χ4v) is 2.90. The van der Waals surface area contributed by atoms with Crippen LogP contribution < -0.4 is 4.74 Å². The highest BCUT2D eigenvalue weighted by Crippen LogP contribution is 2.42. The molecule has 0 saturated heterocycles. The van der Waals surface area contributed by atoms with Gasteiger partial charge in [-0.3, -0.25) is 4.79 Å². The standard InChI is InChI=1S/C17H24O3/c1-11-8-13-12(10-15(18)19)6-5-7-20-16(13)14(9-11)17(2,3)4/h8-9,12H,5-7,10H2,1-4H3,(H,18,19). The molecule has 3 heteroatoms. The number of carboxylic acids is 1. The lowest BCUT2D eigenvalue weighted by molar-refractivity contribution is -0.137. The Kier molecular flexibility index (Phi) is 4.07. The van der Waals surface area contributed by atoms with Crippen LogP contribution in [0.2, 0.25) is 0 Å². The summed E-state index contributed by atoms with van der Waals surface area (Å²) in [5.41, 5.74) is 3.43. The van der Waals surface area contributed by atoms with E-state index >= 15 is 0 Å². The molecule has 0 fully saturated rings. The summed E-state index contributed by atoms with van der Waals surface area (Å²) in [6.45, 7) is 9.25. The Labute approximate surface area is 121 Å². The molecular formula is C17H24O3. The van der Waals surface area contributed by atoms with Crippen LogP contribution in [0.4, 0.5) is 0 Å². The fraction of sp³-hybridized carbons (Fsp3) is 0.588. The van der Waals surface area contributed by atoms with Crippen molar-refractivity contribution in [3.05, 3.63) is 28.8 Å². The van der Waals surface area contributed by atoms with E-state index in [1.807, 2.05) is 0 Å². The number of aryl methyl sites for hydroxylation is 1. The summed E-state index contributed by atoms with van der Waals surface area (Å²) in [6, 6.07) is 4.27. The van der Waals surface area contributed by atoms with E-state index in [1.54, 1.807) is 0 Å². The third-order valence-corrected chi connectivity index (χ3v) is 3.87. The molecule has 1 aromatic carbocycles. The van der Waals surface area contributed by atoms with Gasteiger partial charge in [-0.05, 0) is 36.7 Å². The topological polar surface area (TPSA) is 46.5 Å². The lowest BCUT2D eigenvalue weighted by Gasteiger charge is -2.26. The quantitative estimate of drug-likeness (QED) is 0.887. The highest BCUT2D eigenvalue weighted by atomic mass is 16.5. The van der Waals surface area contributed by atoms with Gasteiger partial charge in [-0.2, -0.15) is 0 Å². The average molecular weight is 276 g/mol. The van der Waals surface area contributed by atoms with Crippen molar-refractivity contribution in [2.24, 2.45) is 0 Å². The van der Waals surface area contributed by atoms with Crippen molar-refractivity contribution in [1.82, 2.24) is 0 Å². The SMILES string of the molecule is Cc1cc2c(c(C(C)(C)C)c1)OCCCC2CC(=O)O. The van der Waals surface area contributed by atoms with Gasteiger partial charge in [-0.15, -0.1) is 0 Å². The van der Waals surface area contributed by atoms with Crippen molar-refractivity contribution >= 4 is 5.97 Å². The minimum Gasteiger partial charge on any atom is -0.493 e. The van der Waals surface area contributed by atoms with Crippen molar-refractivity contribution in [3.63, 3.8) is 0 Å². The monoisotopic (exact) mass is 276 g/mol. The Morgan fingerprint density at radius 2 is 2.10 bits per heavy atom. The highest BCUT2D eigenvalue weighted by Gasteiger charge is 2.28. The van der Waals surface area contributed by atoms with Crippen molar-refractivity contribution < 1.29 is 14.6 Å². The van der Waals surface area contributed by atoms with Crippen LogP contribution in [0, 0.1) is 6.92 Å². The average Bonchev–Trinajstić information content (AvgIpc) is 2.49. The smallest absolute Gasteiger partial charge is 0.303 e. The van der Waals surface area contributed by atoms with E-state index < -0.39 is 5.97 Å². The fourth-order valence-electron chi connectivity index (χ4n) is 2.90. The zero-order valence-electron chi connectivity index (χ0n) is 12.8. The molecule has 1 heterocycles. The van der Waals surface area contributed by atoms with Gasteiger partial charge in [0, 0.05) is 5.56 Å². The Hall–Kier alpha value is -1.51. The molecule has 1 aromatic rings. The summed E-state index contributed by atoms with van der Waals surface area (Å²) in [5, 5.41) is 9.14. The number of ether oxygens (including phenoxy) is 1.